The van der Waals surface area contributed by atoms with Crippen molar-refractivity contribution in [2.75, 3.05) is 19.8 Å². The summed E-state index contributed by atoms with van der Waals surface area (Å²) in [5, 5.41) is 0. The highest BCUT2D eigenvalue weighted by Gasteiger charge is 2.19. The topological polar surface area (TPSA) is 114 Å². The van der Waals surface area contributed by atoms with Crippen LogP contribution in [0.1, 0.15) is 6.92 Å². The van der Waals surface area contributed by atoms with E-state index in [0.717, 1.165) is 0 Å². The van der Waals surface area contributed by atoms with E-state index in [1.54, 1.807) is 6.92 Å². The third-order valence-electron chi connectivity index (χ3n) is 1.64. The quantitative estimate of drug-likeness (QED) is 0.638. The third kappa shape index (κ3) is 6.76. The number of cyclic esters (lactones) is 4. The molecule has 2 aliphatic heterocycles. The fourth-order valence-electron chi connectivity index (χ4n) is 0.904. The average molecular weight is 276 g/mol. The molecule has 1 atom stereocenters. The molecular weight excluding hydrogens is 264 g/mol. The normalized spacial score (nSPS) is 19.7. The van der Waals surface area contributed by atoms with Crippen LogP contribution >= 0.6 is 0 Å². The molecule has 0 aromatic carbocycles. The molecule has 0 amide bonds. The van der Waals surface area contributed by atoms with E-state index in [1.165, 1.54) is 12.5 Å². The molecule has 2 aliphatic rings. The zero-order valence-electron chi connectivity index (χ0n) is 10.0. The Morgan fingerprint density at radius 3 is 1.68 bits per heavy atom. The van der Waals surface area contributed by atoms with Gasteiger partial charge in [0.2, 0.25) is 0 Å². The molecule has 1 aromatic heterocycles. The number of hydrogen-bond acceptors (Lipinski definition) is 9. The first kappa shape index (κ1) is 14.6. The van der Waals surface area contributed by atoms with Crippen LogP contribution < -0.4 is 5.82 Å². The molecule has 0 N–H and O–H groups in total. The number of rotatable bonds is 0. The minimum atomic E-state index is -0.657. The van der Waals surface area contributed by atoms with Crippen LogP contribution in [0.5, 0.6) is 0 Å². The van der Waals surface area contributed by atoms with Crippen LogP contribution in [0.4, 0.5) is 9.59 Å². The summed E-state index contributed by atoms with van der Waals surface area (Å²) in [6, 6.07) is 0. The van der Waals surface area contributed by atoms with E-state index in [4.69, 9.17) is 0 Å². The Bertz CT molecular complexity index is 421. The summed E-state index contributed by atoms with van der Waals surface area (Å²) in [5.74, 6) is -0.657. The second-order valence-electron chi connectivity index (χ2n) is 3.19. The van der Waals surface area contributed by atoms with Crippen molar-refractivity contribution >= 4 is 12.3 Å². The summed E-state index contributed by atoms with van der Waals surface area (Å²) < 4.78 is 25.7. The van der Waals surface area contributed by atoms with Crippen LogP contribution in [0.15, 0.2) is 26.2 Å². The minimum absolute atomic E-state index is 0.0486. The van der Waals surface area contributed by atoms with Gasteiger partial charge >= 0.3 is 18.1 Å². The van der Waals surface area contributed by atoms with Gasteiger partial charge in [-0.2, -0.15) is 0 Å². The summed E-state index contributed by atoms with van der Waals surface area (Å²) >= 11 is 0. The summed E-state index contributed by atoms with van der Waals surface area (Å²) in [5.41, 5.74) is 0. The lowest BCUT2D eigenvalue weighted by molar-refractivity contribution is 0.121. The minimum Gasteiger partial charge on any atom is -0.431 e. The van der Waals surface area contributed by atoms with Gasteiger partial charge in [0, 0.05) is 0 Å². The van der Waals surface area contributed by atoms with Crippen LogP contribution in [0.25, 0.3) is 0 Å². The largest absolute Gasteiger partial charge is 0.518 e. The van der Waals surface area contributed by atoms with Gasteiger partial charge in [0.25, 0.3) is 0 Å². The van der Waals surface area contributed by atoms with Crippen LogP contribution in [0.2, 0.25) is 0 Å². The van der Waals surface area contributed by atoms with Gasteiger partial charge in [-0.25, -0.2) is 14.4 Å². The van der Waals surface area contributed by atoms with Crippen molar-refractivity contribution in [3.05, 3.63) is 23.1 Å². The van der Waals surface area contributed by atoms with E-state index in [2.05, 4.69) is 27.8 Å². The average Bonchev–Trinajstić information content (AvgIpc) is 3.07. The number of carbonyl (C=O) groups excluding carboxylic acids is 2. The van der Waals surface area contributed by atoms with Gasteiger partial charge in [0.05, 0.1) is 0 Å². The monoisotopic (exact) mass is 276 g/mol. The predicted octanol–water partition coefficient (Wildman–Crippen LogP) is 0.928. The lowest BCUT2D eigenvalue weighted by atomic mass is 10.5. The highest BCUT2D eigenvalue weighted by atomic mass is 16.8. The molecule has 9 nitrogen and oxygen atoms in total. The predicted molar refractivity (Wildman–Crippen MR) is 56.4 cm³/mol. The van der Waals surface area contributed by atoms with E-state index in [9.17, 15) is 14.4 Å². The van der Waals surface area contributed by atoms with Gasteiger partial charge in [-0.3, -0.25) is 0 Å². The summed E-state index contributed by atoms with van der Waals surface area (Å²) in [6.45, 7) is 3.02. The van der Waals surface area contributed by atoms with Crippen molar-refractivity contribution in [3.63, 3.8) is 0 Å². The second-order valence-corrected chi connectivity index (χ2v) is 3.19. The highest BCUT2D eigenvalue weighted by molar-refractivity contribution is 5.61. The molecule has 2 fully saturated rings. The number of ether oxygens (including phenoxy) is 4. The maximum Gasteiger partial charge on any atom is 0.518 e. The fraction of sp³-hybridized carbons (Fsp3) is 0.500. The molecule has 9 heteroatoms. The SMILES string of the molecule is CC1COC(=O)O1.O=C1OCCO1.O=c1occo1. The first-order valence-electron chi connectivity index (χ1n) is 5.23. The lowest BCUT2D eigenvalue weighted by Gasteiger charge is -1.90. The lowest BCUT2D eigenvalue weighted by Crippen LogP contribution is -2.01. The van der Waals surface area contributed by atoms with Gasteiger partial charge in [0.15, 0.2) is 0 Å². The standard InChI is InChI=1S/C4H6O3.C3H4O3.C3H2O3/c1-3-2-6-4(5)7-3;2*4-3-5-1-2-6-3/h3H,2H2,1H3;1-2H2;1-2H. The summed E-state index contributed by atoms with van der Waals surface area (Å²) in [4.78, 5) is 29.5. The molecule has 2 saturated heterocycles. The Labute approximate surface area is 107 Å². The van der Waals surface area contributed by atoms with Crippen LogP contribution in [-0.2, 0) is 18.9 Å². The molecular formula is C10H12O9. The third-order valence-corrected chi connectivity index (χ3v) is 1.64. The zero-order chi connectivity index (χ0) is 14.1. The van der Waals surface area contributed by atoms with E-state index in [1.807, 2.05) is 0 Å². The maximum atomic E-state index is 10.0. The Morgan fingerprint density at radius 1 is 0.947 bits per heavy atom. The fourth-order valence-corrected chi connectivity index (χ4v) is 0.904. The van der Waals surface area contributed by atoms with E-state index in [0.29, 0.717) is 19.8 Å². The van der Waals surface area contributed by atoms with Crippen molar-refractivity contribution in [1.29, 1.82) is 0 Å². The zero-order valence-corrected chi connectivity index (χ0v) is 10.0. The number of carbonyl (C=O) groups is 2. The van der Waals surface area contributed by atoms with Crippen LogP contribution in [0.3, 0.4) is 0 Å². The van der Waals surface area contributed by atoms with Gasteiger partial charge in [0.1, 0.15) is 38.5 Å². The van der Waals surface area contributed by atoms with Gasteiger partial charge in [-0.1, -0.05) is 0 Å². The second kappa shape index (κ2) is 7.80. The van der Waals surface area contributed by atoms with E-state index >= 15 is 0 Å². The first-order chi connectivity index (χ1) is 9.08. The van der Waals surface area contributed by atoms with Crippen molar-refractivity contribution in [3.8, 4) is 0 Å². The maximum absolute atomic E-state index is 10.0. The first-order valence-corrected chi connectivity index (χ1v) is 5.23. The summed E-state index contributed by atoms with van der Waals surface area (Å²) in [6.07, 6.45) is 1.22. The Balaban J connectivity index is 0.000000143. The van der Waals surface area contributed by atoms with Gasteiger partial charge < -0.3 is 27.8 Å². The molecule has 1 aromatic rings. The molecule has 3 rings (SSSR count). The summed E-state index contributed by atoms with van der Waals surface area (Å²) in [7, 11) is 0. The van der Waals surface area contributed by atoms with Crippen molar-refractivity contribution < 1.29 is 37.4 Å². The number of hydrogen-bond donors (Lipinski definition) is 0. The molecule has 106 valence electrons. The van der Waals surface area contributed by atoms with Crippen molar-refractivity contribution in [1.82, 2.24) is 0 Å². The van der Waals surface area contributed by atoms with Crippen molar-refractivity contribution in [2.45, 2.75) is 13.0 Å². The molecule has 0 bridgehead atoms. The van der Waals surface area contributed by atoms with Gasteiger partial charge in [-0.05, 0) is 6.92 Å². The Hall–Kier alpha value is -2.45. The Morgan fingerprint density at radius 2 is 1.53 bits per heavy atom. The smallest absolute Gasteiger partial charge is 0.431 e. The van der Waals surface area contributed by atoms with E-state index in [-0.39, 0.29) is 6.10 Å². The molecule has 0 saturated carbocycles. The molecule has 3 heterocycles. The Kier molecular flexibility index (Phi) is 5.99. The molecule has 19 heavy (non-hydrogen) atoms. The molecule has 0 spiro atoms. The molecule has 1 unspecified atom stereocenters. The molecule has 0 radical (unpaired) electrons. The highest BCUT2D eigenvalue weighted by Crippen LogP contribution is 2.02. The van der Waals surface area contributed by atoms with Crippen LogP contribution in [0, 0.1) is 0 Å². The van der Waals surface area contributed by atoms with Gasteiger partial charge in [-0.15, -0.1) is 0 Å². The van der Waals surface area contributed by atoms with Crippen molar-refractivity contribution in [2.24, 2.45) is 0 Å². The molecule has 0 aliphatic carbocycles. The van der Waals surface area contributed by atoms with Crippen LogP contribution in [-0.4, -0.2) is 38.2 Å². The van der Waals surface area contributed by atoms with E-state index < -0.39 is 18.1 Å².